The topological polar surface area (TPSA) is 175 Å². The fourth-order valence-electron chi connectivity index (χ4n) is 2.29. The number of rotatable bonds is 2. The Morgan fingerprint density at radius 2 is 2.04 bits per heavy atom. The number of nitrogens with zero attached hydrogens (tertiary/aromatic N) is 3. The van der Waals surface area contributed by atoms with Gasteiger partial charge in [0.2, 0.25) is 20.6 Å². The molecule has 13 heteroatoms. The number of amides is 1. The van der Waals surface area contributed by atoms with Crippen molar-refractivity contribution in [2.24, 2.45) is 0 Å². The molecular weight excluding hydrogens is 454 g/mol. The molecule has 2 heterocycles. The van der Waals surface area contributed by atoms with Crippen LogP contribution in [0.25, 0.3) is 0 Å². The molecule has 2 aromatic rings. The van der Waals surface area contributed by atoms with Crippen molar-refractivity contribution in [1.29, 1.82) is 0 Å². The summed E-state index contributed by atoms with van der Waals surface area (Å²) in [6.07, 6.45) is 3.00. The number of carbonyl (C=O) groups excluding carboxylic acids is 1. The smallest absolute Gasteiger partial charge is 0.313 e. The zero-order valence-electron chi connectivity index (χ0n) is 13.2. The maximum absolute atomic E-state index is 12.7. The third-order valence-electron chi connectivity index (χ3n) is 3.36. The lowest BCUT2D eigenvalue weighted by Gasteiger charge is -2.29. The van der Waals surface area contributed by atoms with Crippen LogP contribution in [0.5, 0.6) is 11.5 Å². The summed E-state index contributed by atoms with van der Waals surface area (Å²) in [5.74, 6) is -0.697. The lowest BCUT2D eigenvalue weighted by Crippen LogP contribution is -2.42. The molecule has 3 rings (SSSR count). The number of hydrogen-bond acceptors (Lipinski definition) is 9. The van der Waals surface area contributed by atoms with Crippen molar-refractivity contribution >= 4 is 28.9 Å². The van der Waals surface area contributed by atoms with Gasteiger partial charge in [-0.25, -0.2) is 0 Å². The molecule has 0 bridgehead atoms. The highest BCUT2D eigenvalue weighted by Gasteiger charge is 2.28. The van der Waals surface area contributed by atoms with Gasteiger partial charge >= 0.3 is 5.69 Å². The monoisotopic (exact) mass is 462 g/mol. The first-order valence-corrected chi connectivity index (χ1v) is 9.33. The highest BCUT2D eigenvalue weighted by atomic mass is 80.0. The van der Waals surface area contributed by atoms with E-state index in [1.807, 2.05) is 0 Å². The zero-order valence-corrected chi connectivity index (χ0v) is 15.5. The molecule has 0 unspecified atom stereocenters. The van der Waals surface area contributed by atoms with Crippen LogP contribution in [-0.2, 0) is 0 Å². The van der Waals surface area contributed by atoms with Crippen molar-refractivity contribution in [1.82, 2.24) is 4.98 Å². The first kappa shape index (κ1) is 20.8. The second kappa shape index (κ2) is 8.92. The number of carbonyl (C=O) groups is 1. The Morgan fingerprint density at radius 3 is 2.67 bits per heavy atom. The van der Waals surface area contributed by atoms with Crippen LogP contribution in [0, 0.1) is 24.9 Å². The van der Waals surface area contributed by atoms with Crippen LogP contribution in [0.1, 0.15) is 10.4 Å². The Kier molecular flexibility index (Phi) is 6.87. The van der Waals surface area contributed by atoms with E-state index >= 15 is 0 Å². The Hall–Kier alpha value is -2.51. The third-order valence-corrected chi connectivity index (χ3v) is 3.65. The summed E-state index contributed by atoms with van der Waals surface area (Å²) in [6.45, 7) is 0.556. The van der Waals surface area contributed by atoms with E-state index in [0.29, 0.717) is 11.4 Å². The van der Waals surface area contributed by atoms with E-state index in [0.717, 1.165) is 6.07 Å². The van der Waals surface area contributed by atoms with E-state index in [2.05, 4.69) is 4.98 Å². The van der Waals surface area contributed by atoms with E-state index in [4.69, 9.17) is 28.9 Å². The van der Waals surface area contributed by atoms with Crippen LogP contribution in [0.15, 0.2) is 30.6 Å². The Morgan fingerprint density at radius 1 is 1.37 bits per heavy atom. The number of pyridine rings is 1. The van der Waals surface area contributed by atoms with E-state index in [9.17, 15) is 20.0 Å². The summed E-state index contributed by atoms with van der Waals surface area (Å²) < 4.78 is 31.0. The minimum Gasteiger partial charge on any atom is -0.501 e. The number of aromatic nitrogens is 1. The number of nitro groups is 1. The summed E-state index contributed by atoms with van der Waals surface area (Å²) in [5.41, 5.74) is -0.101. The molecule has 0 saturated carbocycles. The van der Waals surface area contributed by atoms with Gasteiger partial charge in [0.15, 0.2) is 5.75 Å². The number of aromatic hydroxyl groups is 1. The van der Waals surface area contributed by atoms with Gasteiger partial charge in [0, 0.05) is 17.8 Å². The first-order chi connectivity index (χ1) is 12.7. The molecule has 0 aliphatic carbocycles. The van der Waals surface area contributed by atoms with Crippen LogP contribution >= 0.6 is 11.6 Å². The predicted molar refractivity (Wildman–Crippen MR) is 81.2 cm³/mol. The van der Waals surface area contributed by atoms with Crippen LogP contribution in [-0.4, -0.2) is 34.1 Å². The molecule has 0 spiro atoms. The molecule has 1 aliphatic rings. The highest BCUT2D eigenvalue weighted by molar-refractivity contribution is 6.33. The van der Waals surface area contributed by atoms with Gasteiger partial charge in [-0.2, -0.15) is 0 Å². The maximum atomic E-state index is 12.7. The first-order valence-electron chi connectivity index (χ1n) is 7.01. The Balaban J connectivity index is 0.000000596. The Bertz CT molecular complexity index is 863. The van der Waals surface area contributed by atoms with Gasteiger partial charge in [-0.1, -0.05) is 11.6 Å². The second-order valence-electron chi connectivity index (χ2n) is 4.92. The van der Waals surface area contributed by atoms with Crippen LogP contribution < -0.4 is 22.2 Å². The van der Waals surface area contributed by atoms with Gasteiger partial charge in [-0.05, 0) is 12.1 Å². The van der Waals surface area contributed by atoms with Crippen molar-refractivity contribution in [2.75, 3.05) is 18.1 Å². The minimum atomic E-state index is -3.65. The lowest BCUT2D eigenvalue weighted by atomic mass is 10.1. The fraction of sp³-hybridized carbons (Fsp3) is 0.143. The maximum Gasteiger partial charge on any atom is 0.313 e. The quantitative estimate of drug-likeness (QED) is 0.424. The molecule has 1 aromatic carbocycles. The third kappa shape index (κ3) is 5.02. The normalized spacial score (nSPS) is 12.6. The minimum absolute atomic E-state index is 0.00385. The number of benzene rings is 1. The molecule has 0 fully saturated rings. The van der Waals surface area contributed by atoms with Crippen molar-refractivity contribution in [3.63, 3.8) is 0 Å². The largest absolute Gasteiger partial charge is 0.501 e. The molecule has 1 aliphatic heterocycles. The molecule has 1 aromatic heterocycles. The van der Waals surface area contributed by atoms with Gasteiger partial charge in [-0.15, -0.1) is 0 Å². The average molecular weight is 464 g/mol. The summed E-state index contributed by atoms with van der Waals surface area (Å²) in [7, 11) is 0. The molecule has 1 N–H and O–H groups in total. The number of hydrogen-bond donors (Lipinski definition) is 1. The molecular formula is C14H10BrClN3O8-. The molecule has 27 heavy (non-hydrogen) atoms. The molecule has 0 atom stereocenters. The highest BCUT2D eigenvalue weighted by Crippen LogP contribution is 2.36. The summed E-state index contributed by atoms with van der Waals surface area (Å²) >= 11 is 2.14. The Labute approximate surface area is 162 Å². The number of halogens is 2. The molecule has 144 valence electrons. The van der Waals surface area contributed by atoms with Crippen LogP contribution in [0.3, 0.4) is 0 Å². The van der Waals surface area contributed by atoms with E-state index in [1.54, 1.807) is 6.07 Å². The van der Waals surface area contributed by atoms with Crippen molar-refractivity contribution in [3.05, 3.63) is 51.3 Å². The van der Waals surface area contributed by atoms with Gasteiger partial charge in [0.1, 0.15) is 6.61 Å². The van der Waals surface area contributed by atoms with E-state index in [1.165, 1.54) is 23.4 Å². The average Bonchev–Trinajstić information content (AvgIpc) is 2.62. The van der Waals surface area contributed by atoms with Crippen LogP contribution in [0.4, 0.5) is 11.4 Å². The number of ether oxygens (including phenoxy) is 1. The van der Waals surface area contributed by atoms with Crippen molar-refractivity contribution in [2.45, 2.75) is 0 Å². The standard InChI is InChI=1S/C14H10ClN3O5.BrO3/c15-9-5-8(6-11(13(9)19)18(21)22)14(20)17-3-4-23-12-7-16-2-1-10(12)17;2-1(3)4/h1-2,5-7,19H,3-4H2;/q;-1. The zero-order chi connectivity index (χ0) is 20.1. The van der Waals surface area contributed by atoms with E-state index in [-0.39, 0.29) is 23.7 Å². The number of nitro benzene ring substituents is 1. The van der Waals surface area contributed by atoms with Crippen molar-refractivity contribution < 1.29 is 47.0 Å². The fourth-order valence-corrected chi connectivity index (χ4v) is 2.50. The molecule has 0 saturated heterocycles. The molecule has 0 radical (unpaired) electrons. The lowest BCUT2D eigenvalue weighted by molar-refractivity contribution is -1.73. The summed E-state index contributed by atoms with van der Waals surface area (Å²) in [4.78, 5) is 28.2. The van der Waals surface area contributed by atoms with Gasteiger partial charge < -0.3 is 27.3 Å². The van der Waals surface area contributed by atoms with Crippen LogP contribution in [0.2, 0.25) is 5.02 Å². The number of fused-ring (bicyclic) bond motifs is 1. The van der Waals surface area contributed by atoms with Gasteiger partial charge in [0.25, 0.3) is 5.91 Å². The molecule has 1 amide bonds. The van der Waals surface area contributed by atoms with Crippen molar-refractivity contribution in [3.8, 4) is 11.5 Å². The van der Waals surface area contributed by atoms with Gasteiger partial charge in [-0.3, -0.25) is 19.9 Å². The van der Waals surface area contributed by atoms with Gasteiger partial charge in [0.05, 0.1) is 28.4 Å². The summed E-state index contributed by atoms with van der Waals surface area (Å²) in [6, 6.07) is 3.81. The molecule has 11 nitrogen and oxygen atoms in total. The number of phenols is 1. The second-order valence-corrected chi connectivity index (χ2v) is 6.12. The van der Waals surface area contributed by atoms with E-state index < -0.39 is 37.1 Å². The summed E-state index contributed by atoms with van der Waals surface area (Å²) in [5, 5.41) is 20.3. The SMILES string of the molecule is O=C(c1cc(Cl)c(O)c([N+](=O)[O-])c1)N1CCOc2cnccc21.[O-][Br+2]([O-])[O-]. The number of phenolic OH excluding ortho intramolecular Hbond substituents is 1. The number of anilines is 1. The predicted octanol–water partition coefficient (Wildman–Crippen LogP) is -1.18.